The number of oxazole rings is 1. The van der Waals surface area contributed by atoms with Crippen LogP contribution >= 0.6 is 0 Å². The van der Waals surface area contributed by atoms with Gasteiger partial charge in [0.15, 0.2) is 5.58 Å². The maximum Gasteiger partial charge on any atom is 0.419 e. The number of methoxy groups -OCH3 is 1. The number of ether oxygens (including phenoxy) is 1. The number of fused-ring (bicyclic) bond motifs is 1. The predicted octanol–water partition coefficient (Wildman–Crippen LogP) is 3.05. The molecule has 8 nitrogen and oxygen atoms in total. The highest BCUT2D eigenvalue weighted by atomic mass is 32.2. The van der Waals surface area contributed by atoms with Crippen molar-refractivity contribution in [3.63, 3.8) is 0 Å². The molecule has 0 aliphatic heterocycles. The van der Waals surface area contributed by atoms with Crippen molar-refractivity contribution in [2.75, 3.05) is 11.4 Å². The fourth-order valence-electron chi connectivity index (χ4n) is 2.94. The van der Waals surface area contributed by atoms with Gasteiger partial charge in [-0.25, -0.2) is 17.5 Å². The summed E-state index contributed by atoms with van der Waals surface area (Å²) >= 11 is 0. The van der Waals surface area contributed by atoms with E-state index in [9.17, 15) is 18.0 Å². The highest BCUT2D eigenvalue weighted by Crippen LogP contribution is 2.28. The van der Waals surface area contributed by atoms with Gasteiger partial charge in [0.1, 0.15) is 5.75 Å². The molecule has 9 heteroatoms. The number of rotatable bonds is 7. The van der Waals surface area contributed by atoms with Gasteiger partial charge >= 0.3 is 5.76 Å². The van der Waals surface area contributed by atoms with Gasteiger partial charge < -0.3 is 9.15 Å². The molecule has 0 saturated carbocycles. The molecule has 2 aromatic carbocycles. The molecule has 0 atom stereocenters. The normalized spacial score (nSPS) is 11.6. The molecule has 0 N–H and O–H groups in total. The third kappa shape index (κ3) is 3.91. The van der Waals surface area contributed by atoms with Crippen molar-refractivity contribution in [3.8, 4) is 5.75 Å². The van der Waals surface area contributed by atoms with Crippen molar-refractivity contribution in [1.82, 2.24) is 4.57 Å². The third-order valence-corrected chi connectivity index (χ3v) is 6.32. The van der Waals surface area contributed by atoms with Gasteiger partial charge in [0.05, 0.1) is 23.2 Å². The topological polar surface area (TPSA) is 98.8 Å². The molecular formula is C20H22N2O6S. The summed E-state index contributed by atoms with van der Waals surface area (Å²) in [5.41, 5.74) is 0.804. The lowest BCUT2D eigenvalue weighted by atomic mass is 10.2. The van der Waals surface area contributed by atoms with E-state index in [-0.39, 0.29) is 22.6 Å². The van der Waals surface area contributed by atoms with Crippen LogP contribution in [0.3, 0.4) is 0 Å². The first-order chi connectivity index (χ1) is 13.8. The maximum atomic E-state index is 13.4. The number of aromatic nitrogens is 1. The molecule has 1 amide bonds. The van der Waals surface area contributed by atoms with Crippen LogP contribution in [0.2, 0.25) is 0 Å². The second-order valence-corrected chi connectivity index (χ2v) is 8.31. The minimum absolute atomic E-state index is 0.0877. The second kappa shape index (κ2) is 8.12. The van der Waals surface area contributed by atoms with E-state index in [1.165, 1.54) is 49.1 Å². The number of carbonyl (C=O) groups is 1. The number of aryl methyl sites for hydroxylation is 1. The zero-order chi connectivity index (χ0) is 21.2. The average molecular weight is 418 g/mol. The Morgan fingerprint density at radius 1 is 1.17 bits per heavy atom. The first-order valence-corrected chi connectivity index (χ1v) is 10.6. The first-order valence-electron chi connectivity index (χ1n) is 9.11. The number of amides is 1. The van der Waals surface area contributed by atoms with Crippen LogP contribution in [-0.2, 0) is 21.9 Å². The van der Waals surface area contributed by atoms with Gasteiger partial charge in [0, 0.05) is 19.5 Å². The van der Waals surface area contributed by atoms with Crippen LogP contribution in [0.1, 0.15) is 26.2 Å². The van der Waals surface area contributed by atoms with Crippen LogP contribution in [0.5, 0.6) is 5.75 Å². The standard InChI is InChI=1S/C20H22N2O6S/c1-4-5-6-19(23)22(14-7-9-15(27-3)10-8-14)29(25,26)16-11-12-17-18(13-16)28-20(24)21(17)2/h7-13H,4-6H2,1-3H3. The molecule has 0 aliphatic rings. The average Bonchev–Trinajstić information content (AvgIpc) is 3.00. The van der Waals surface area contributed by atoms with E-state index in [4.69, 9.17) is 9.15 Å². The molecule has 0 spiro atoms. The van der Waals surface area contributed by atoms with Crippen LogP contribution < -0.4 is 14.8 Å². The molecule has 0 unspecified atom stereocenters. The zero-order valence-corrected chi connectivity index (χ0v) is 17.2. The third-order valence-electron chi connectivity index (χ3n) is 4.58. The summed E-state index contributed by atoms with van der Waals surface area (Å²) in [7, 11) is -1.20. The number of sulfonamides is 1. The van der Waals surface area contributed by atoms with Crippen LogP contribution in [0.25, 0.3) is 11.1 Å². The predicted molar refractivity (Wildman–Crippen MR) is 109 cm³/mol. The van der Waals surface area contributed by atoms with Crippen molar-refractivity contribution in [2.24, 2.45) is 7.05 Å². The lowest BCUT2D eigenvalue weighted by Gasteiger charge is -2.23. The fraction of sp³-hybridized carbons (Fsp3) is 0.300. The largest absolute Gasteiger partial charge is 0.497 e. The summed E-state index contributed by atoms with van der Waals surface area (Å²) in [5.74, 6) is -0.591. The molecule has 0 bridgehead atoms. The summed E-state index contributed by atoms with van der Waals surface area (Å²) in [4.78, 5) is 24.4. The van der Waals surface area contributed by atoms with E-state index in [1.54, 1.807) is 12.1 Å². The number of benzene rings is 2. The van der Waals surface area contributed by atoms with Gasteiger partial charge in [0.2, 0.25) is 5.91 Å². The lowest BCUT2D eigenvalue weighted by Crippen LogP contribution is -2.36. The van der Waals surface area contributed by atoms with Gasteiger partial charge in [0.25, 0.3) is 10.0 Å². The van der Waals surface area contributed by atoms with Gasteiger partial charge in [-0.15, -0.1) is 0 Å². The molecule has 3 aromatic rings. The molecule has 154 valence electrons. The molecule has 1 heterocycles. The number of hydrogen-bond donors (Lipinski definition) is 0. The number of carbonyl (C=O) groups excluding carboxylic acids is 1. The summed E-state index contributed by atoms with van der Waals surface area (Å²) < 4.78 is 39.0. The number of nitrogens with zero attached hydrogens (tertiary/aromatic N) is 2. The molecule has 1 aromatic heterocycles. The smallest absolute Gasteiger partial charge is 0.419 e. The SMILES string of the molecule is CCCCC(=O)N(c1ccc(OC)cc1)S(=O)(=O)c1ccc2c(c1)oc(=O)n2C. The van der Waals surface area contributed by atoms with Crippen molar-refractivity contribution in [2.45, 2.75) is 31.1 Å². The second-order valence-electron chi connectivity index (χ2n) is 6.52. The summed E-state index contributed by atoms with van der Waals surface area (Å²) in [6.07, 6.45) is 1.40. The Balaban J connectivity index is 2.11. The van der Waals surface area contributed by atoms with Gasteiger partial charge in [-0.05, 0) is 42.8 Å². The van der Waals surface area contributed by atoms with Crippen molar-refractivity contribution in [1.29, 1.82) is 0 Å². The van der Waals surface area contributed by atoms with Gasteiger partial charge in [-0.2, -0.15) is 0 Å². The number of anilines is 1. The zero-order valence-electron chi connectivity index (χ0n) is 16.4. The lowest BCUT2D eigenvalue weighted by molar-refractivity contribution is -0.117. The molecule has 0 fully saturated rings. The molecule has 3 rings (SSSR count). The van der Waals surface area contributed by atoms with Crippen LogP contribution in [0.4, 0.5) is 5.69 Å². The van der Waals surface area contributed by atoms with E-state index >= 15 is 0 Å². The molecule has 0 saturated heterocycles. The minimum atomic E-state index is -4.23. The van der Waals surface area contributed by atoms with E-state index in [2.05, 4.69) is 0 Å². The quantitative estimate of drug-likeness (QED) is 0.585. The summed E-state index contributed by atoms with van der Waals surface area (Å²) in [6, 6.07) is 10.3. The summed E-state index contributed by atoms with van der Waals surface area (Å²) in [6.45, 7) is 1.92. The Labute approximate surface area is 168 Å². The van der Waals surface area contributed by atoms with E-state index in [0.717, 1.165) is 10.7 Å². The minimum Gasteiger partial charge on any atom is -0.497 e. The van der Waals surface area contributed by atoms with Gasteiger partial charge in [-0.3, -0.25) is 9.36 Å². The monoisotopic (exact) mass is 418 g/mol. The van der Waals surface area contributed by atoms with Crippen molar-refractivity contribution in [3.05, 3.63) is 53.0 Å². The van der Waals surface area contributed by atoms with Gasteiger partial charge in [-0.1, -0.05) is 13.3 Å². The van der Waals surface area contributed by atoms with Crippen LogP contribution in [0.15, 0.2) is 56.6 Å². The van der Waals surface area contributed by atoms with E-state index < -0.39 is 21.7 Å². The van der Waals surface area contributed by atoms with Crippen LogP contribution in [-0.4, -0.2) is 26.0 Å². The van der Waals surface area contributed by atoms with Crippen LogP contribution in [0, 0.1) is 0 Å². The van der Waals surface area contributed by atoms with Crippen molar-refractivity contribution >= 4 is 32.7 Å². The Kier molecular flexibility index (Phi) is 5.78. The Bertz CT molecular complexity index is 1190. The Hall–Kier alpha value is -3.07. The molecule has 0 radical (unpaired) electrons. The number of unbranched alkanes of at least 4 members (excludes halogenated alkanes) is 1. The highest BCUT2D eigenvalue weighted by Gasteiger charge is 2.31. The molecule has 29 heavy (non-hydrogen) atoms. The van der Waals surface area contributed by atoms with E-state index in [0.29, 0.717) is 17.7 Å². The molecular weight excluding hydrogens is 396 g/mol. The number of hydrogen-bond acceptors (Lipinski definition) is 6. The Morgan fingerprint density at radius 2 is 1.86 bits per heavy atom. The van der Waals surface area contributed by atoms with E-state index in [1.807, 2.05) is 6.92 Å². The highest BCUT2D eigenvalue weighted by molar-refractivity contribution is 7.93. The summed E-state index contributed by atoms with van der Waals surface area (Å²) in [5, 5.41) is 0. The fourth-order valence-corrected chi connectivity index (χ4v) is 4.41. The maximum absolute atomic E-state index is 13.4. The molecule has 0 aliphatic carbocycles. The van der Waals surface area contributed by atoms with Crippen molar-refractivity contribution < 1.29 is 22.4 Å². The Morgan fingerprint density at radius 3 is 2.48 bits per heavy atom. The first kappa shape index (κ1) is 20.7.